The zero-order valence-electron chi connectivity index (χ0n) is 20.8. The smallest absolute Gasteiger partial charge is 0.239 e. The van der Waals surface area contributed by atoms with Gasteiger partial charge in [-0.1, -0.05) is 61.6 Å². The standard InChI is InChI=1S/C26H38N6O2/c1-7-21(16-12-13-20(3)34-19-22-14-10-9-11-15-22)17-23(26(28-5)32-29-6)31-25(33)18-30-24(8-2)27-4/h7,9-15,23H,3,6,8,16-19H2,1-2,4-5H3,(H,27,30)(H,28,32)(H,31,33)/b13-12-,21-7+. The van der Waals surface area contributed by atoms with E-state index in [9.17, 15) is 4.79 Å². The Labute approximate surface area is 203 Å². The van der Waals surface area contributed by atoms with Crippen molar-refractivity contribution in [2.24, 2.45) is 15.1 Å². The van der Waals surface area contributed by atoms with Crippen molar-refractivity contribution in [3.05, 3.63) is 72.0 Å². The van der Waals surface area contributed by atoms with Crippen LogP contribution in [0.3, 0.4) is 0 Å². The Balaban J connectivity index is 2.71. The Kier molecular flexibility index (Phi) is 14.1. The third-order valence-electron chi connectivity index (χ3n) is 4.98. The number of amidine groups is 2. The lowest BCUT2D eigenvalue weighted by molar-refractivity contribution is -0.120. The number of nitrogens with zero attached hydrogens (tertiary/aromatic N) is 3. The lowest BCUT2D eigenvalue weighted by atomic mass is 10.0. The molecule has 0 bridgehead atoms. The average Bonchev–Trinajstić information content (AvgIpc) is 2.86. The van der Waals surface area contributed by atoms with E-state index < -0.39 is 0 Å². The minimum absolute atomic E-state index is 0.124. The van der Waals surface area contributed by atoms with Gasteiger partial charge in [0.1, 0.15) is 18.2 Å². The normalized spacial score (nSPS) is 13.4. The van der Waals surface area contributed by atoms with Gasteiger partial charge in [-0.25, -0.2) is 0 Å². The van der Waals surface area contributed by atoms with Gasteiger partial charge in [0.05, 0.1) is 18.4 Å². The Morgan fingerprint density at radius 1 is 1.21 bits per heavy atom. The van der Waals surface area contributed by atoms with Crippen molar-refractivity contribution in [1.29, 1.82) is 0 Å². The molecule has 0 radical (unpaired) electrons. The van der Waals surface area contributed by atoms with Gasteiger partial charge in [-0.3, -0.25) is 20.2 Å². The van der Waals surface area contributed by atoms with Gasteiger partial charge in [-0.05, 0) is 31.4 Å². The molecular weight excluding hydrogens is 428 g/mol. The zero-order chi connectivity index (χ0) is 25.2. The first-order chi connectivity index (χ1) is 16.5. The minimum Gasteiger partial charge on any atom is -0.490 e. The number of amides is 1. The van der Waals surface area contributed by atoms with Crippen LogP contribution in [0.25, 0.3) is 0 Å². The summed E-state index contributed by atoms with van der Waals surface area (Å²) in [4.78, 5) is 20.9. The van der Waals surface area contributed by atoms with E-state index in [2.05, 4.69) is 44.4 Å². The summed E-state index contributed by atoms with van der Waals surface area (Å²) in [6.45, 7) is 12.0. The maximum absolute atomic E-state index is 12.6. The van der Waals surface area contributed by atoms with Crippen molar-refractivity contribution in [1.82, 2.24) is 16.1 Å². The number of carbonyl (C=O) groups excluding carboxylic acids is 1. The Bertz CT molecular complexity index is 903. The molecule has 184 valence electrons. The number of carbonyl (C=O) groups is 1. The topological polar surface area (TPSA) is 99.5 Å². The number of hydrazone groups is 1. The number of ether oxygens (including phenoxy) is 1. The van der Waals surface area contributed by atoms with E-state index in [1.807, 2.05) is 62.4 Å². The first kappa shape index (κ1) is 28.4. The van der Waals surface area contributed by atoms with Gasteiger partial charge in [-0.15, -0.1) is 0 Å². The van der Waals surface area contributed by atoms with Gasteiger partial charge in [0.15, 0.2) is 0 Å². The van der Waals surface area contributed by atoms with Crippen LogP contribution in [0.15, 0.2) is 81.6 Å². The molecule has 0 aliphatic heterocycles. The van der Waals surface area contributed by atoms with Crippen LogP contribution in [-0.4, -0.2) is 51.0 Å². The minimum atomic E-state index is -0.384. The lowest BCUT2D eigenvalue weighted by Gasteiger charge is -2.21. The Morgan fingerprint density at radius 3 is 2.53 bits per heavy atom. The van der Waals surface area contributed by atoms with Crippen LogP contribution in [-0.2, 0) is 16.1 Å². The third kappa shape index (κ3) is 11.3. The van der Waals surface area contributed by atoms with E-state index in [0.717, 1.165) is 23.4 Å². The summed E-state index contributed by atoms with van der Waals surface area (Å²) in [6, 6.07) is 9.56. The number of nitrogens with one attached hydrogen (secondary N) is 3. The van der Waals surface area contributed by atoms with Crippen LogP contribution < -0.4 is 16.1 Å². The van der Waals surface area contributed by atoms with E-state index in [0.29, 0.717) is 31.0 Å². The van der Waals surface area contributed by atoms with E-state index >= 15 is 0 Å². The maximum Gasteiger partial charge on any atom is 0.239 e. The number of hydrogen-bond donors (Lipinski definition) is 3. The van der Waals surface area contributed by atoms with Crippen molar-refractivity contribution in [3.8, 4) is 0 Å². The SMILES string of the molecule is C=NNC(=NC)C(C/C(=C/C)C/C=C\C(=C)OCc1ccccc1)NC(=O)CNC(CC)=NC. The average molecular weight is 467 g/mol. The van der Waals surface area contributed by atoms with Crippen molar-refractivity contribution in [3.63, 3.8) is 0 Å². The van der Waals surface area contributed by atoms with Crippen molar-refractivity contribution < 1.29 is 9.53 Å². The summed E-state index contributed by atoms with van der Waals surface area (Å²) >= 11 is 0. The highest BCUT2D eigenvalue weighted by molar-refractivity contribution is 5.93. The monoisotopic (exact) mass is 466 g/mol. The summed E-state index contributed by atoms with van der Waals surface area (Å²) in [5, 5.41) is 9.78. The van der Waals surface area contributed by atoms with Crippen molar-refractivity contribution in [2.45, 2.75) is 45.8 Å². The van der Waals surface area contributed by atoms with E-state index in [-0.39, 0.29) is 18.5 Å². The highest BCUT2D eigenvalue weighted by Crippen LogP contribution is 2.14. The fourth-order valence-electron chi connectivity index (χ4n) is 3.09. The lowest BCUT2D eigenvalue weighted by Crippen LogP contribution is -2.48. The molecule has 0 saturated heterocycles. The van der Waals surface area contributed by atoms with Crippen molar-refractivity contribution >= 4 is 24.3 Å². The first-order valence-corrected chi connectivity index (χ1v) is 11.3. The molecule has 1 amide bonds. The quantitative estimate of drug-likeness (QED) is 0.0971. The second-order valence-corrected chi connectivity index (χ2v) is 7.37. The summed E-state index contributed by atoms with van der Waals surface area (Å²) in [5.41, 5.74) is 4.99. The molecule has 0 aliphatic rings. The van der Waals surface area contributed by atoms with Gasteiger partial charge in [0.25, 0.3) is 0 Å². The summed E-state index contributed by atoms with van der Waals surface area (Å²) < 4.78 is 5.71. The molecule has 1 atom stereocenters. The number of benzene rings is 1. The Hall–Kier alpha value is -3.68. The maximum atomic E-state index is 12.6. The molecular formula is C26H38N6O2. The van der Waals surface area contributed by atoms with E-state index in [1.165, 1.54) is 0 Å². The molecule has 0 aliphatic carbocycles. The summed E-state index contributed by atoms with van der Waals surface area (Å²) in [5.74, 6) is 1.73. The van der Waals surface area contributed by atoms with Crippen LogP contribution in [0.4, 0.5) is 0 Å². The number of allylic oxidation sites excluding steroid dienone is 3. The van der Waals surface area contributed by atoms with Gasteiger partial charge < -0.3 is 15.4 Å². The molecule has 0 spiro atoms. The molecule has 3 N–H and O–H groups in total. The van der Waals surface area contributed by atoms with Crippen LogP contribution >= 0.6 is 0 Å². The molecule has 1 rings (SSSR count). The molecule has 1 unspecified atom stereocenters. The van der Waals surface area contributed by atoms with Crippen molar-refractivity contribution in [2.75, 3.05) is 20.6 Å². The molecule has 0 aromatic heterocycles. The number of hydrogen-bond acceptors (Lipinski definition) is 5. The van der Waals surface area contributed by atoms with Gasteiger partial charge in [-0.2, -0.15) is 5.10 Å². The summed E-state index contributed by atoms with van der Waals surface area (Å²) in [7, 11) is 3.34. The van der Waals surface area contributed by atoms with Crippen LogP contribution in [0.5, 0.6) is 0 Å². The highest BCUT2D eigenvalue weighted by Gasteiger charge is 2.19. The number of aliphatic imine (C=N–C) groups is 2. The Morgan fingerprint density at radius 2 is 1.94 bits per heavy atom. The van der Waals surface area contributed by atoms with E-state index in [4.69, 9.17) is 4.74 Å². The largest absolute Gasteiger partial charge is 0.490 e. The van der Waals surface area contributed by atoms with Crippen LogP contribution in [0, 0.1) is 0 Å². The molecule has 0 saturated carbocycles. The number of rotatable bonds is 14. The van der Waals surface area contributed by atoms with Crippen LogP contribution in [0.2, 0.25) is 0 Å². The first-order valence-electron chi connectivity index (χ1n) is 11.3. The fourth-order valence-corrected chi connectivity index (χ4v) is 3.09. The second kappa shape index (κ2) is 16.9. The molecule has 1 aromatic carbocycles. The third-order valence-corrected chi connectivity index (χ3v) is 4.98. The van der Waals surface area contributed by atoms with E-state index in [1.54, 1.807) is 14.1 Å². The molecule has 0 heterocycles. The second-order valence-electron chi connectivity index (χ2n) is 7.37. The van der Waals surface area contributed by atoms with Gasteiger partial charge >= 0.3 is 0 Å². The molecule has 1 aromatic rings. The predicted octanol–water partition coefficient (Wildman–Crippen LogP) is 3.75. The zero-order valence-corrected chi connectivity index (χ0v) is 20.8. The predicted molar refractivity (Wildman–Crippen MR) is 142 cm³/mol. The molecule has 8 heteroatoms. The fraction of sp³-hybridized carbons (Fsp3) is 0.385. The molecule has 8 nitrogen and oxygen atoms in total. The van der Waals surface area contributed by atoms with Crippen LogP contribution in [0.1, 0.15) is 38.7 Å². The molecule has 34 heavy (non-hydrogen) atoms. The van der Waals surface area contributed by atoms with Gasteiger partial charge in [0.2, 0.25) is 5.91 Å². The van der Waals surface area contributed by atoms with Gasteiger partial charge in [0, 0.05) is 27.2 Å². The summed E-state index contributed by atoms with van der Waals surface area (Å²) in [6.07, 6.45) is 7.85. The molecule has 0 fully saturated rings. The highest BCUT2D eigenvalue weighted by atomic mass is 16.5.